The second-order valence-electron chi connectivity index (χ2n) is 9.97. The van der Waals surface area contributed by atoms with Crippen LogP contribution in [-0.4, -0.2) is 39.5 Å². The summed E-state index contributed by atoms with van der Waals surface area (Å²) in [5, 5.41) is 2.83. The summed E-state index contributed by atoms with van der Waals surface area (Å²) in [6.07, 6.45) is 0.762. The number of carbonyl (C=O) groups excluding carboxylic acids is 2. The lowest BCUT2D eigenvalue weighted by Gasteiger charge is -2.20. The van der Waals surface area contributed by atoms with Crippen molar-refractivity contribution in [2.24, 2.45) is 0 Å². The number of ether oxygens (including phenoxy) is 1. The van der Waals surface area contributed by atoms with E-state index in [1.807, 2.05) is 31.2 Å². The third-order valence-electron chi connectivity index (χ3n) is 6.04. The van der Waals surface area contributed by atoms with Gasteiger partial charge in [0.2, 0.25) is 10.0 Å². The Morgan fingerprint density at radius 1 is 0.946 bits per heavy atom. The molecule has 0 saturated heterocycles. The first kappa shape index (κ1) is 27.9. The summed E-state index contributed by atoms with van der Waals surface area (Å²) in [6, 6.07) is 20.9. The number of benzene rings is 3. The van der Waals surface area contributed by atoms with Gasteiger partial charge in [0, 0.05) is 23.9 Å². The molecule has 0 aliphatic heterocycles. The molecule has 1 N–H and O–H groups in total. The van der Waals surface area contributed by atoms with E-state index in [1.165, 1.54) is 7.05 Å². The van der Waals surface area contributed by atoms with Gasteiger partial charge >= 0.3 is 0 Å². The molecule has 0 spiro atoms. The second kappa shape index (κ2) is 11.2. The summed E-state index contributed by atoms with van der Waals surface area (Å²) < 4.78 is 30.5. The van der Waals surface area contributed by atoms with E-state index in [0.717, 1.165) is 16.1 Å². The lowest BCUT2D eigenvalue weighted by Crippen LogP contribution is -2.32. The number of sulfonamides is 1. The molecular formula is C29H34N2O5S. The summed E-state index contributed by atoms with van der Waals surface area (Å²) in [5.74, 6) is -0.0340. The topological polar surface area (TPSA) is 92.8 Å². The van der Waals surface area contributed by atoms with Crippen LogP contribution in [0.15, 0.2) is 72.8 Å². The molecule has 7 nitrogen and oxygen atoms in total. The zero-order valence-corrected chi connectivity index (χ0v) is 22.9. The van der Waals surface area contributed by atoms with Crippen molar-refractivity contribution in [3.8, 4) is 5.75 Å². The number of nitrogens with one attached hydrogen (secondary N) is 1. The number of anilines is 2. The Morgan fingerprint density at radius 3 is 2.11 bits per heavy atom. The third kappa shape index (κ3) is 7.20. The minimum absolute atomic E-state index is 0.00178. The van der Waals surface area contributed by atoms with Gasteiger partial charge in [-0.3, -0.25) is 13.9 Å². The Bertz CT molecular complexity index is 1360. The number of hydrogen-bond acceptors (Lipinski definition) is 5. The molecule has 1 atom stereocenters. The Morgan fingerprint density at radius 2 is 1.57 bits per heavy atom. The highest BCUT2D eigenvalue weighted by atomic mass is 32.2. The molecule has 1 amide bonds. The monoisotopic (exact) mass is 522 g/mol. The van der Waals surface area contributed by atoms with Crippen molar-refractivity contribution >= 4 is 33.1 Å². The minimum atomic E-state index is -3.38. The average Bonchev–Trinajstić information content (AvgIpc) is 2.86. The molecule has 0 saturated carbocycles. The molecule has 196 valence electrons. The minimum Gasteiger partial charge on any atom is -0.481 e. The lowest BCUT2D eigenvalue weighted by molar-refractivity contribution is -0.122. The number of rotatable bonds is 9. The first-order chi connectivity index (χ1) is 17.3. The van der Waals surface area contributed by atoms with Gasteiger partial charge in [-0.2, -0.15) is 0 Å². The van der Waals surface area contributed by atoms with Crippen molar-refractivity contribution in [1.29, 1.82) is 0 Å². The van der Waals surface area contributed by atoms with E-state index >= 15 is 0 Å². The van der Waals surface area contributed by atoms with Crippen LogP contribution in [0.3, 0.4) is 0 Å². The van der Waals surface area contributed by atoms with Crippen LogP contribution in [0.25, 0.3) is 0 Å². The van der Waals surface area contributed by atoms with Gasteiger partial charge in [-0.15, -0.1) is 0 Å². The highest BCUT2D eigenvalue weighted by molar-refractivity contribution is 7.92. The van der Waals surface area contributed by atoms with Gasteiger partial charge in [-0.1, -0.05) is 64.1 Å². The van der Waals surface area contributed by atoms with Crippen LogP contribution < -0.4 is 14.4 Å². The van der Waals surface area contributed by atoms with Gasteiger partial charge in [0.25, 0.3) is 5.91 Å². The number of hydrogen-bond donors (Lipinski definition) is 1. The summed E-state index contributed by atoms with van der Waals surface area (Å²) in [5.41, 5.74) is 3.18. The molecule has 3 rings (SSSR count). The molecule has 0 fully saturated rings. The standard InChI is InChI=1S/C29H34N2O5S/c1-7-26(36-25-17-15-24(16-18-25)31(5)37(6,34)35)28(33)30-23-10-8-9-21(19-23)27(32)20-11-13-22(14-12-20)29(2,3)4/h8-19,26H,7H2,1-6H3,(H,30,33)/t26-/m0/s1. The van der Waals surface area contributed by atoms with Gasteiger partial charge in [-0.05, 0) is 53.8 Å². The fourth-order valence-corrected chi connectivity index (χ4v) is 4.17. The van der Waals surface area contributed by atoms with Crippen molar-refractivity contribution in [3.05, 3.63) is 89.5 Å². The highest BCUT2D eigenvalue weighted by Gasteiger charge is 2.20. The maximum Gasteiger partial charge on any atom is 0.265 e. The van der Waals surface area contributed by atoms with Gasteiger partial charge < -0.3 is 10.1 Å². The number of carbonyl (C=O) groups is 2. The second-order valence-corrected chi connectivity index (χ2v) is 12.0. The fraction of sp³-hybridized carbons (Fsp3) is 0.310. The zero-order valence-electron chi connectivity index (χ0n) is 22.1. The van der Waals surface area contributed by atoms with Crippen LogP contribution in [0, 0.1) is 0 Å². The van der Waals surface area contributed by atoms with Crippen LogP contribution in [0.2, 0.25) is 0 Å². The van der Waals surface area contributed by atoms with Crippen molar-refractivity contribution in [2.75, 3.05) is 22.9 Å². The Kier molecular flexibility index (Phi) is 8.43. The molecule has 0 unspecified atom stereocenters. The molecule has 0 heterocycles. The molecule has 37 heavy (non-hydrogen) atoms. The van der Waals surface area contributed by atoms with E-state index in [0.29, 0.717) is 34.7 Å². The van der Waals surface area contributed by atoms with Gasteiger partial charge in [0.15, 0.2) is 11.9 Å². The van der Waals surface area contributed by atoms with Gasteiger partial charge in [-0.25, -0.2) is 8.42 Å². The molecule has 0 bridgehead atoms. The summed E-state index contributed by atoms with van der Waals surface area (Å²) in [4.78, 5) is 26.0. The zero-order chi connectivity index (χ0) is 27.4. The Labute approximate surface area is 219 Å². The first-order valence-electron chi connectivity index (χ1n) is 12.1. The first-order valence-corrected chi connectivity index (χ1v) is 13.9. The summed E-state index contributed by atoms with van der Waals surface area (Å²) in [6.45, 7) is 8.19. The predicted molar refractivity (Wildman–Crippen MR) is 148 cm³/mol. The van der Waals surface area contributed by atoms with E-state index in [4.69, 9.17) is 4.74 Å². The number of ketones is 1. The molecule has 3 aromatic rings. The molecule has 0 aromatic heterocycles. The van der Waals surface area contributed by atoms with Crippen molar-refractivity contribution in [3.63, 3.8) is 0 Å². The maximum absolute atomic E-state index is 13.0. The van der Waals surface area contributed by atoms with Crippen LogP contribution in [0.1, 0.15) is 55.6 Å². The lowest BCUT2D eigenvalue weighted by atomic mass is 9.86. The third-order valence-corrected chi connectivity index (χ3v) is 7.25. The van der Waals surface area contributed by atoms with E-state index in [9.17, 15) is 18.0 Å². The molecule has 0 aliphatic carbocycles. The van der Waals surface area contributed by atoms with Gasteiger partial charge in [0.05, 0.1) is 11.9 Å². The van der Waals surface area contributed by atoms with Crippen LogP contribution >= 0.6 is 0 Å². The molecule has 0 radical (unpaired) electrons. The van der Waals surface area contributed by atoms with Crippen molar-refractivity contribution in [2.45, 2.75) is 45.6 Å². The predicted octanol–water partition coefficient (Wildman–Crippen LogP) is 5.41. The van der Waals surface area contributed by atoms with Crippen LogP contribution in [-0.2, 0) is 20.2 Å². The van der Waals surface area contributed by atoms with Gasteiger partial charge in [0.1, 0.15) is 5.75 Å². The SMILES string of the molecule is CC[C@H](Oc1ccc(N(C)S(C)(=O)=O)cc1)C(=O)Nc1cccc(C(=O)c2ccc(C(C)(C)C)cc2)c1. The smallest absolute Gasteiger partial charge is 0.265 e. The quantitative estimate of drug-likeness (QED) is 0.380. The van der Waals surface area contributed by atoms with Crippen LogP contribution in [0.5, 0.6) is 5.75 Å². The number of amides is 1. The van der Waals surface area contributed by atoms with E-state index in [1.54, 1.807) is 48.5 Å². The Balaban J connectivity index is 1.69. The molecule has 8 heteroatoms. The normalized spacial score (nSPS) is 12.5. The Hall–Kier alpha value is -3.65. The van der Waals surface area contributed by atoms with E-state index in [-0.39, 0.29) is 17.1 Å². The van der Waals surface area contributed by atoms with Crippen molar-refractivity contribution in [1.82, 2.24) is 0 Å². The largest absolute Gasteiger partial charge is 0.481 e. The molecule has 0 aliphatic rings. The van der Waals surface area contributed by atoms with Crippen LogP contribution in [0.4, 0.5) is 11.4 Å². The summed E-state index contributed by atoms with van der Waals surface area (Å²) in [7, 11) is -1.91. The molecule has 3 aromatic carbocycles. The van der Waals surface area contributed by atoms with E-state index in [2.05, 4.69) is 26.1 Å². The van der Waals surface area contributed by atoms with E-state index < -0.39 is 16.1 Å². The fourth-order valence-electron chi connectivity index (χ4n) is 3.66. The highest BCUT2D eigenvalue weighted by Crippen LogP contribution is 2.24. The maximum atomic E-state index is 13.0. The average molecular weight is 523 g/mol. The molecular weight excluding hydrogens is 488 g/mol. The number of nitrogens with zero attached hydrogens (tertiary/aromatic N) is 1. The van der Waals surface area contributed by atoms with Crippen molar-refractivity contribution < 1.29 is 22.7 Å². The summed E-state index contributed by atoms with van der Waals surface area (Å²) >= 11 is 0.